The van der Waals surface area contributed by atoms with E-state index in [0.717, 1.165) is 36.9 Å². The van der Waals surface area contributed by atoms with Crippen molar-refractivity contribution in [2.24, 2.45) is 12.0 Å². The van der Waals surface area contributed by atoms with Crippen LogP contribution in [0.5, 0.6) is 5.75 Å². The Bertz CT molecular complexity index is 774. The van der Waals surface area contributed by atoms with Crippen molar-refractivity contribution in [3.8, 4) is 5.75 Å². The predicted molar refractivity (Wildman–Crippen MR) is 105 cm³/mol. The van der Waals surface area contributed by atoms with Gasteiger partial charge in [-0.3, -0.25) is 14.5 Å². The van der Waals surface area contributed by atoms with Crippen LogP contribution >= 0.6 is 0 Å². The highest BCUT2D eigenvalue weighted by molar-refractivity contribution is 5.98. The summed E-state index contributed by atoms with van der Waals surface area (Å²) in [5.41, 5.74) is 0.836. The largest absolute Gasteiger partial charge is 0.494 e. The number of nitrogens with one attached hydrogen (secondary N) is 1. The van der Waals surface area contributed by atoms with Gasteiger partial charge in [0.1, 0.15) is 12.3 Å². The number of amides is 1. The smallest absolute Gasteiger partial charge is 0.246 e. The first-order chi connectivity index (χ1) is 13.2. The minimum absolute atomic E-state index is 0.0459. The van der Waals surface area contributed by atoms with E-state index in [-0.39, 0.29) is 5.91 Å². The minimum Gasteiger partial charge on any atom is -0.494 e. The molecule has 2 heterocycles. The molecule has 1 aliphatic heterocycles. The molecule has 0 aliphatic carbocycles. The van der Waals surface area contributed by atoms with Crippen LogP contribution in [0.1, 0.15) is 6.42 Å². The second-order valence-corrected chi connectivity index (χ2v) is 6.33. The number of benzene rings is 1. The number of guanidine groups is 1. The molecule has 0 radical (unpaired) electrons. The molecule has 144 valence electrons. The highest BCUT2D eigenvalue weighted by Crippen LogP contribution is 2.16. The van der Waals surface area contributed by atoms with Crippen molar-refractivity contribution in [3.63, 3.8) is 0 Å². The Kier molecular flexibility index (Phi) is 6.30. The standard InChI is InChI=1S/C19H26N6O2/c1-20-19(21-9-6-12-27-17-7-4-3-5-8-17)24-10-11-25(18(26)15-24)16-13-22-23(2)14-16/h3-5,7-8,13-14H,6,9-12,15H2,1-2H3,(H,20,21). The topological polar surface area (TPSA) is 75.0 Å². The van der Waals surface area contributed by atoms with Crippen molar-refractivity contribution in [1.29, 1.82) is 0 Å². The highest BCUT2D eigenvalue weighted by atomic mass is 16.5. The van der Waals surface area contributed by atoms with Gasteiger partial charge >= 0.3 is 0 Å². The molecule has 1 saturated heterocycles. The van der Waals surface area contributed by atoms with Crippen molar-refractivity contribution in [3.05, 3.63) is 42.7 Å². The normalized spacial score (nSPS) is 15.2. The number of para-hydroxylation sites is 1. The van der Waals surface area contributed by atoms with Gasteiger partial charge in [-0.15, -0.1) is 0 Å². The van der Waals surface area contributed by atoms with Gasteiger partial charge in [-0.05, 0) is 18.6 Å². The average molecular weight is 370 g/mol. The summed E-state index contributed by atoms with van der Waals surface area (Å²) in [4.78, 5) is 20.6. The number of piperazine rings is 1. The number of aromatic nitrogens is 2. The quantitative estimate of drug-likeness (QED) is 0.468. The number of carbonyl (C=O) groups is 1. The third-order valence-electron chi connectivity index (χ3n) is 4.35. The van der Waals surface area contributed by atoms with E-state index >= 15 is 0 Å². The second kappa shape index (κ2) is 9.07. The van der Waals surface area contributed by atoms with E-state index in [4.69, 9.17) is 4.74 Å². The molecule has 1 amide bonds. The van der Waals surface area contributed by atoms with Gasteiger partial charge in [-0.1, -0.05) is 18.2 Å². The Morgan fingerprint density at radius 3 is 2.78 bits per heavy atom. The molecule has 0 saturated carbocycles. The number of hydrogen-bond donors (Lipinski definition) is 1. The zero-order valence-electron chi connectivity index (χ0n) is 15.8. The first kappa shape index (κ1) is 18.8. The fraction of sp³-hybridized carbons (Fsp3) is 0.421. The molecule has 8 heteroatoms. The van der Waals surface area contributed by atoms with Crippen LogP contribution in [0, 0.1) is 0 Å². The van der Waals surface area contributed by atoms with Crippen LogP contribution in [0.15, 0.2) is 47.7 Å². The molecule has 3 rings (SSSR count). The lowest BCUT2D eigenvalue weighted by atomic mass is 10.3. The van der Waals surface area contributed by atoms with E-state index in [9.17, 15) is 4.79 Å². The van der Waals surface area contributed by atoms with E-state index < -0.39 is 0 Å². The number of nitrogens with zero attached hydrogens (tertiary/aromatic N) is 5. The number of aliphatic imine (C=N–C) groups is 1. The van der Waals surface area contributed by atoms with E-state index in [2.05, 4.69) is 15.4 Å². The van der Waals surface area contributed by atoms with Crippen molar-refractivity contribution >= 4 is 17.6 Å². The van der Waals surface area contributed by atoms with Crippen molar-refractivity contribution in [2.45, 2.75) is 6.42 Å². The zero-order valence-corrected chi connectivity index (χ0v) is 15.8. The Labute approximate surface area is 159 Å². The van der Waals surface area contributed by atoms with Gasteiger partial charge in [0.05, 0.1) is 18.5 Å². The molecule has 1 aromatic carbocycles. The van der Waals surface area contributed by atoms with Crippen molar-refractivity contribution in [2.75, 3.05) is 44.7 Å². The third-order valence-corrected chi connectivity index (χ3v) is 4.35. The number of hydrogen-bond acceptors (Lipinski definition) is 4. The molecule has 1 aliphatic rings. The summed E-state index contributed by atoms with van der Waals surface area (Å²) in [6.07, 6.45) is 4.41. The van der Waals surface area contributed by atoms with Gasteiger partial charge in [-0.2, -0.15) is 5.10 Å². The van der Waals surface area contributed by atoms with E-state index in [1.165, 1.54) is 0 Å². The summed E-state index contributed by atoms with van der Waals surface area (Å²) >= 11 is 0. The maximum absolute atomic E-state index is 12.5. The summed E-state index contributed by atoms with van der Waals surface area (Å²) in [6.45, 7) is 3.00. The van der Waals surface area contributed by atoms with E-state index in [1.54, 1.807) is 22.8 Å². The molecule has 1 fully saturated rings. The van der Waals surface area contributed by atoms with Gasteiger partial charge in [0.15, 0.2) is 5.96 Å². The predicted octanol–water partition coefficient (Wildman–Crippen LogP) is 1.11. The van der Waals surface area contributed by atoms with Gasteiger partial charge < -0.3 is 19.9 Å². The summed E-state index contributed by atoms with van der Waals surface area (Å²) in [7, 11) is 3.58. The van der Waals surface area contributed by atoms with Gasteiger partial charge in [-0.25, -0.2) is 0 Å². The van der Waals surface area contributed by atoms with Gasteiger partial charge in [0, 0.05) is 39.9 Å². The Morgan fingerprint density at radius 2 is 2.11 bits per heavy atom. The summed E-state index contributed by atoms with van der Waals surface area (Å²) < 4.78 is 7.39. The first-order valence-electron chi connectivity index (χ1n) is 9.10. The number of rotatable bonds is 6. The molecule has 0 spiro atoms. The second-order valence-electron chi connectivity index (χ2n) is 6.33. The molecule has 2 aromatic rings. The molecule has 0 bridgehead atoms. The van der Waals surface area contributed by atoms with Crippen LogP contribution in [0.2, 0.25) is 0 Å². The van der Waals surface area contributed by atoms with Crippen LogP contribution in [0.3, 0.4) is 0 Å². The fourth-order valence-corrected chi connectivity index (χ4v) is 2.99. The number of aryl methyl sites for hydroxylation is 1. The Morgan fingerprint density at radius 1 is 1.30 bits per heavy atom. The van der Waals surface area contributed by atoms with E-state index in [0.29, 0.717) is 19.7 Å². The Balaban J connectivity index is 1.42. The molecule has 1 aromatic heterocycles. The molecule has 27 heavy (non-hydrogen) atoms. The van der Waals surface area contributed by atoms with Crippen LogP contribution in [-0.4, -0.2) is 66.4 Å². The van der Waals surface area contributed by atoms with Gasteiger partial charge in [0.2, 0.25) is 5.91 Å². The monoisotopic (exact) mass is 370 g/mol. The molecule has 0 unspecified atom stereocenters. The lowest BCUT2D eigenvalue weighted by Crippen LogP contribution is -2.55. The lowest BCUT2D eigenvalue weighted by Gasteiger charge is -2.35. The van der Waals surface area contributed by atoms with Gasteiger partial charge in [0.25, 0.3) is 0 Å². The Hall–Kier alpha value is -3.03. The molecule has 1 N–H and O–H groups in total. The summed E-state index contributed by atoms with van der Waals surface area (Å²) in [5.74, 6) is 1.66. The van der Waals surface area contributed by atoms with Crippen LogP contribution < -0.4 is 15.0 Å². The maximum atomic E-state index is 12.5. The lowest BCUT2D eigenvalue weighted by molar-refractivity contribution is -0.120. The third kappa shape index (κ3) is 4.99. The van der Waals surface area contributed by atoms with Crippen molar-refractivity contribution in [1.82, 2.24) is 20.0 Å². The maximum Gasteiger partial charge on any atom is 0.246 e. The fourth-order valence-electron chi connectivity index (χ4n) is 2.99. The van der Waals surface area contributed by atoms with Crippen molar-refractivity contribution < 1.29 is 9.53 Å². The highest BCUT2D eigenvalue weighted by Gasteiger charge is 2.27. The summed E-state index contributed by atoms with van der Waals surface area (Å²) in [5, 5.41) is 7.45. The number of carbonyl (C=O) groups excluding carboxylic acids is 1. The molecule has 0 atom stereocenters. The van der Waals surface area contributed by atoms with Crippen LogP contribution in [-0.2, 0) is 11.8 Å². The molecule has 8 nitrogen and oxygen atoms in total. The molecular formula is C19H26N6O2. The molecular weight excluding hydrogens is 344 g/mol. The minimum atomic E-state index is 0.0459. The number of ether oxygens (including phenoxy) is 1. The van der Waals surface area contributed by atoms with E-state index in [1.807, 2.05) is 48.5 Å². The summed E-state index contributed by atoms with van der Waals surface area (Å²) in [6, 6.07) is 9.77. The zero-order chi connectivity index (χ0) is 19.1. The van der Waals surface area contributed by atoms with Crippen LogP contribution in [0.4, 0.5) is 5.69 Å². The van der Waals surface area contributed by atoms with Crippen LogP contribution in [0.25, 0.3) is 0 Å². The number of anilines is 1. The SMILES string of the molecule is CN=C(NCCCOc1ccccc1)N1CCN(c2cnn(C)c2)C(=O)C1. The first-order valence-corrected chi connectivity index (χ1v) is 9.10. The average Bonchev–Trinajstić information content (AvgIpc) is 3.11.